The summed E-state index contributed by atoms with van der Waals surface area (Å²) in [5.41, 5.74) is 3.91. The molecule has 0 aliphatic rings. The molecule has 0 fully saturated rings. The van der Waals surface area contributed by atoms with Crippen molar-refractivity contribution in [2.45, 2.75) is 13.3 Å². The van der Waals surface area contributed by atoms with E-state index < -0.39 is 0 Å². The molecular weight excluding hydrogens is 280 g/mol. The fourth-order valence-corrected chi connectivity index (χ4v) is 2.23. The van der Waals surface area contributed by atoms with E-state index in [2.05, 4.69) is 30.9 Å². The fraction of sp³-hybridized carbons (Fsp3) is 0.200. The molecule has 0 spiro atoms. The van der Waals surface area contributed by atoms with Crippen molar-refractivity contribution in [3.63, 3.8) is 0 Å². The molecule has 0 saturated heterocycles. The van der Waals surface area contributed by atoms with E-state index in [1.807, 2.05) is 37.3 Å². The Kier molecular flexibility index (Phi) is 3.95. The lowest BCUT2D eigenvalue weighted by Gasteiger charge is -2.03. The van der Waals surface area contributed by atoms with Crippen molar-refractivity contribution < 1.29 is 4.79 Å². The molecule has 0 bridgehead atoms. The SMILES string of the molecule is Cc1c(-c2ccccc2)n[nH]c1C(=O)NCCc1cn[nH]n1. The van der Waals surface area contributed by atoms with Gasteiger partial charge >= 0.3 is 0 Å². The van der Waals surface area contributed by atoms with E-state index in [4.69, 9.17) is 0 Å². The molecule has 3 rings (SSSR count). The Labute approximate surface area is 127 Å². The number of carbonyl (C=O) groups excluding carboxylic acids is 1. The predicted octanol–water partition coefficient (Wildman–Crippen LogP) is 1.48. The number of nitrogens with one attached hydrogen (secondary N) is 3. The van der Waals surface area contributed by atoms with Crippen molar-refractivity contribution in [2.24, 2.45) is 0 Å². The number of carbonyl (C=O) groups is 1. The van der Waals surface area contributed by atoms with Crippen LogP contribution in [0, 0.1) is 6.92 Å². The zero-order chi connectivity index (χ0) is 15.4. The number of rotatable bonds is 5. The number of aromatic nitrogens is 5. The van der Waals surface area contributed by atoms with E-state index in [9.17, 15) is 4.79 Å². The van der Waals surface area contributed by atoms with Gasteiger partial charge in [-0.05, 0) is 6.92 Å². The maximum atomic E-state index is 12.2. The molecule has 2 aromatic heterocycles. The lowest BCUT2D eigenvalue weighted by atomic mass is 10.1. The van der Waals surface area contributed by atoms with Gasteiger partial charge in [0.05, 0.1) is 17.6 Å². The van der Waals surface area contributed by atoms with Gasteiger partial charge in [0.1, 0.15) is 5.69 Å². The average Bonchev–Trinajstić information content (AvgIpc) is 3.18. The Morgan fingerprint density at radius 1 is 1.23 bits per heavy atom. The number of aromatic amines is 2. The minimum Gasteiger partial charge on any atom is -0.350 e. The molecule has 1 aromatic carbocycles. The monoisotopic (exact) mass is 296 g/mol. The molecule has 0 saturated carbocycles. The molecular formula is C15H16N6O. The van der Waals surface area contributed by atoms with Crippen LogP contribution in [0.3, 0.4) is 0 Å². The lowest BCUT2D eigenvalue weighted by Crippen LogP contribution is -2.26. The summed E-state index contributed by atoms with van der Waals surface area (Å²) in [6, 6.07) is 9.77. The first-order valence-electron chi connectivity index (χ1n) is 6.99. The van der Waals surface area contributed by atoms with Gasteiger partial charge in [0, 0.05) is 24.1 Å². The van der Waals surface area contributed by atoms with Crippen molar-refractivity contribution in [3.05, 3.63) is 53.5 Å². The maximum Gasteiger partial charge on any atom is 0.269 e. The number of H-pyrrole nitrogens is 2. The van der Waals surface area contributed by atoms with Crippen LogP contribution in [0.2, 0.25) is 0 Å². The fourth-order valence-electron chi connectivity index (χ4n) is 2.23. The summed E-state index contributed by atoms with van der Waals surface area (Å²) in [4.78, 5) is 12.2. The Bertz CT molecular complexity index is 748. The molecule has 3 N–H and O–H groups in total. The molecule has 7 heteroatoms. The van der Waals surface area contributed by atoms with Gasteiger partial charge in [0.2, 0.25) is 0 Å². The largest absolute Gasteiger partial charge is 0.350 e. The van der Waals surface area contributed by atoms with Crippen LogP contribution in [0.15, 0.2) is 36.5 Å². The maximum absolute atomic E-state index is 12.2. The second-order valence-corrected chi connectivity index (χ2v) is 4.91. The minimum absolute atomic E-state index is 0.171. The molecule has 7 nitrogen and oxygen atoms in total. The van der Waals surface area contributed by atoms with E-state index in [-0.39, 0.29) is 5.91 Å². The van der Waals surface area contributed by atoms with Crippen molar-refractivity contribution in [1.82, 2.24) is 30.9 Å². The lowest BCUT2D eigenvalue weighted by molar-refractivity contribution is 0.0948. The topological polar surface area (TPSA) is 99.4 Å². The molecule has 112 valence electrons. The van der Waals surface area contributed by atoms with E-state index in [1.54, 1.807) is 6.20 Å². The summed E-state index contributed by atoms with van der Waals surface area (Å²) in [6.07, 6.45) is 2.27. The smallest absolute Gasteiger partial charge is 0.269 e. The first-order chi connectivity index (χ1) is 10.8. The van der Waals surface area contributed by atoms with Crippen LogP contribution in [0.25, 0.3) is 11.3 Å². The van der Waals surface area contributed by atoms with Gasteiger partial charge in [-0.3, -0.25) is 9.89 Å². The summed E-state index contributed by atoms with van der Waals surface area (Å²) < 4.78 is 0. The third kappa shape index (κ3) is 2.88. The highest BCUT2D eigenvalue weighted by atomic mass is 16.1. The zero-order valence-corrected chi connectivity index (χ0v) is 12.1. The zero-order valence-electron chi connectivity index (χ0n) is 12.1. The molecule has 22 heavy (non-hydrogen) atoms. The Morgan fingerprint density at radius 2 is 2.05 bits per heavy atom. The van der Waals surface area contributed by atoms with E-state index in [0.29, 0.717) is 18.7 Å². The Morgan fingerprint density at radius 3 is 2.77 bits per heavy atom. The quantitative estimate of drug-likeness (QED) is 0.664. The third-order valence-corrected chi connectivity index (χ3v) is 3.42. The van der Waals surface area contributed by atoms with Gasteiger partial charge in [-0.25, -0.2) is 0 Å². The van der Waals surface area contributed by atoms with E-state index >= 15 is 0 Å². The summed E-state index contributed by atoms with van der Waals surface area (Å²) >= 11 is 0. The van der Waals surface area contributed by atoms with Crippen LogP contribution in [-0.4, -0.2) is 38.1 Å². The van der Waals surface area contributed by atoms with Gasteiger partial charge in [0.25, 0.3) is 5.91 Å². The van der Waals surface area contributed by atoms with Gasteiger partial charge in [-0.2, -0.15) is 20.5 Å². The van der Waals surface area contributed by atoms with Crippen LogP contribution >= 0.6 is 0 Å². The predicted molar refractivity (Wildman–Crippen MR) is 81.2 cm³/mol. The van der Waals surface area contributed by atoms with Crippen LogP contribution < -0.4 is 5.32 Å². The highest BCUT2D eigenvalue weighted by molar-refractivity contribution is 5.95. The highest BCUT2D eigenvalue weighted by Crippen LogP contribution is 2.22. The van der Waals surface area contributed by atoms with Crippen molar-refractivity contribution in [1.29, 1.82) is 0 Å². The van der Waals surface area contributed by atoms with Crippen molar-refractivity contribution in [2.75, 3.05) is 6.54 Å². The molecule has 0 radical (unpaired) electrons. The van der Waals surface area contributed by atoms with Crippen LogP contribution in [0.5, 0.6) is 0 Å². The third-order valence-electron chi connectivity index (χ3n) is 3.42. The minimum atomic E-state index is -0.171. The molecule has 0 aliphatic heterocycles. The molecule has 1 amide bonds. The standard InChI is InChI=1S/C15H16N6O/c1-10-13(11-5-3-2-4-6-11)19-20-14(10)15(22)16-8-7-12-9-17-21-18-12/h2-6,9H,7-8H2,1H3,(H,16,22)(H,19,20)(H,17,18,21). The van der Waals surface area contributed by atoms with Gasteiger partial charge < -0.3 is 5.32 Å². The van der Waals surface area contributed by atoms with Crippen molar-refractivity contribution in [3.8, 4) is 11.3 Å². The van der Waals surface area contributed by atoms with Crippen molar-refractivity contribution >= 4 is 5.91 Å². The van der Waals surface area contributed by atoms with Crippen LogP contribution in [-0.2, 0) is 6.42 Å². The summed E-state index contributed by atoms with van der Waals surface area (Å²) in [5.74, 6) is -0.171. The van der Waals surface area contributed by atoms with Gasteiger partial charge in [-0.1, -0.05) is 30.3 Å². The second kappa shape index (κ2) is 6.21. The molecule has 2 heterocycles. The number of hydrogen-bond donors (Lipinski definition) is 3. The van der Waals surface area contributed by atoms with E-state index in [0.717, 1.165) is 22.5 Å². The first-order valence-corrected chi connectivity index (χ1v) is 6.99. The highest BCUT2D eigenvalue weighted by Gasteiger charge is 2.16. The normalized spacial score (nSPS) is 10.6. The summed E-state index contributed by atoms with van der Waals surface area (Å²) in [7, 11) is 0. The molecule has 0 atom stereocenters. The Hall–Kier alpha value is -2.96. The number of amides is 1. The van der Waals surface area contributed by atoms with Crippen LogP contribution in [0.4, 0.5) is 0 Å². The molecule has 0 aliphatic carbocycles. The van der Waals surface area contributed by atoms with Gasteiger partial charge in [-0.15, -0.1) is 0 Å². The number of benzene rings is 1. The first kappa shape index (κ1) is 14.0. The van der Waals surface area contributed by atoms with Crippen LogP contribution in [0.1, 0.15) is 21.7 Å². The van der Waals surface area contributed by atoms with Gasteiger partial charge in [0.15, 0.2) is 0 Å². The Balaban J connectivity index is 1.67. The molecule has 0 unspecified atom stereocenters. The summed E-state index contributed by atoms with van der Waals surface area (Å²) in [6.45, 7) is 2.38. The number of nitrogens with zero attached hydrogens (tertiary/aromatic N) is 3. The second-order valence-electron chi connectivity index (χ2n) is 4.91. The number of hydrogen-bond acceptors (Lipinski definition) is 4. The molecule has 3 aromatic rings. The van der Waals surface area contributed by atoms with E-state index in [1.165, 1.54) is 0 Å². The average molecular weight is 296 g/mol. The summed E-state index contributed by atoms with van der Waals surface area (Å²) in [5, 5.41) is 20.1.